The number of methoxy groups -OCH3 is 1. The summed E-state index contributed by atoms with van der Waals surface area (Å²) in [5.74, 6) is -0.962. The minimum absolute atomic E-state index is 0.110. The minimum Gasteiger partial charge on any atom is -0.468 e. The van der Waals surface area contributed by atoms with Gasteiger partial charge in [0.2, 0.25) is 0 Å². The van der Waals surface area contributed by atoms with Gasteiger partial charge in [0.05, 0.1) is 7.11 Å². The van der Waals surface area contributed by atoms with Crippen molar-refractivity contribution in [1.82, 2.24) is 5.48 Å². The van der Waals surface area contributed by atoms with E-state index in [9.17, 15) is 26.4 Å². The molecule has 0 aliphatic rings. The molecule has 1 atom stereocenters. The number of halogens is 3. The fraction of sp³-hybridized carbons (Fsp3) is 0.364. The molecule has 0 heterocycles. The van der Waals surface area contributed by atoms with Crippen LogP contribution in [0.15, 0.2) is 30.3 Å². The molecule has 1 N–H and O–H groups in total. The molecular formula is C11H12F3NO5S. The first-order chi connectivity index (χ1) is 9.67. The van der Waals surface area contributed by atoms with E-state index in [4.69, 9.17) is 0 Å². The van der Waals surface area contributed by atoms with Crippen LogP contribution in [-0.2, 0) is 30.4 Å². The number of ether oxygens (including phenoxy) is 1. The predicted molar refractivity (Wildman–Crippen MR) is 65.1 cm³/mol. The van der Waals surface area contributed by atoms with Crippen LogP contribution in [0.4, 0.5) is 13.2 Å². The van der Waals surface area contributed by atoms with Gasteiger partial charge in [-0.25, -0.2) is 0 Å². The SMILES string of the molecule is COC(=O)C(Cc1ccccc1)NOS(=O)(=O)C(F)(F)F. The van der Waals surface area contributed by atoms with Gasteiger partial charge >= 0.3 is 21.6 Å². The molecule has 0 saturated heterocycles. The Bertz CT molecular complexity index is 573. The van der Waals surface area contributed by atoms with Gasteiger partial charge in [-0.1, -0.05) is 30.3 Å². The van der Waals surface area contributed by atoms with Crippen LogP contribution in [0.5, 0.6) is 0 Å². The van der Waals surface area contributed by atoms with E-state index in [1.165, 1.54) is 0 Å². The van der Waals surface area contributed by atoms with Crippen LogP contribution in [0, 0.1) is 0 Å². The highest BCUT2D eigenvalue weighted by Gasteiger charge is 2.48. The van der Waals surface area contributed by atoms with Crippen molar-refractivity contribution in [3.8, 4) is 0 Å². The van der Waals surface area contributed by atoms with Crippen molar-refractivity contribution in [3.63, 3.8) is 0 Å². The van der Waals surface area contributed by atoms with E-state index in [2.05, 4.69) is 9.02 Å². The molecule has 1 aromatic rings. The molecular weight excluding hydrogens is 315 g/mol. The molecule has 6 nitrogen and oxygen atoms in total. The average Bonchev–Trinajstić information content (AvgIpc) is 2.42. The zero-order valence-electron chi connectivity index (χ0n) is 10.8. The molecule has 0 bridgehead atoms. The molecule has 10 heteroatoms. The Morgan fingerprint density at radius 1 is 1.29 bits per heavy atom. The monoisotopic (exact) mass is 327 g/mol. The predicted octanol–water partition coefficient (Wildman–Crippen LogP) is 1.14. The smallest absolute Gasteiger partial charge is 0.468 e. The third-order valence-corrected chi connectivity index (χ3v) is 3.23. The maximum atomic E-state index is 12.1. The van der Waals surface area contributed by atoms with E-state index < -0.39 is 27.6 Å². The van der Waals surface area contributed by atoms with Gasteiger partial charge in [0.25, 0.3) is 0 Å². The molecule has 1 unspecified atom stereocenters. The largest absolute Gasteiger partial charge is 0.524 e. The second-order valence-electron chi connectivity index (χ2n) is 3.87. The molecule has 0 fully saturated rings. The zero-order chi connectivity index (χ0) is 16.1. The van der Waals surface area contributed by atoms with Crippen LogP contribution >= 0.6 is 0 Å². The number of hydrogen-bond acceptors (Lipinski definition) is 6. The maximum Gasteiger partial charge on any atom is 0.524 e. The van der Waals surface area contributed by atoms with Crippen molar-refractivity contribution in [2.24, 2.45) is 0 Å². The van der Waals surface area contributed by atoms with Gasteiger partial charge in [0.15, 0.2) is 0 Å². The van der Waals surface area contributed by atoms with Crippen molar-refractivity contribution in [2.45, 2.75) is 18.0 Å². The molecule has 0 aromatic heterocycles. The topological polar surface area (TPSA) is 81.7 Å². The Balaban J connectivity index is 2.79. The normalized spacial score (nSPS) is 13.7. The standard InChI is InChI=1S/C11H12F3NO5S/c1-19-10(16)9(7-8-5-3-2-4-6-8)15-20-21(17,18)11(12,13)14/h2-6,9,15H,7H2,1H3. The van der Waals surface area contributed by atoms with Gasteiger partial charge < -0.3 is 4.74 Å². The molecule has 0 spiro atoms. The van der Waals surface area contributed by atoms with Crippen LogP contribution in [0.3, 0.4) is 0 Å². The number of rotatable bonds is 6. The van der Waals surface area contributed by atoms with Crippen molar-refractivity contribution in [1.29, 1.82) is 0 Å². The van der Waals surface area contributed by atoms with Crippen LogP contribution in [0.2, 0.25) is 0 Å². The van der Waals surface area contributed by atoms with Gasteiger partial charge in [0.1, 0.15) is 6.04 Å². The molecule has 1 aromatic carbocycles. The molecule has 0 radical (unpaired) electrons. The number of carbonyl (C=O) groups excluding carboxylic acids is 1. The third kappa shape index (κ3) is 4.99. The average molecular weight is 327 g/mol. The third-order valence-electron chi connectivity index (χ3n) is 2.35. The van der Waals surface area contributed by atoms with E-state index in [0.717, 1.165) is 7.11 Å². The van der Waals surface area contributed by atoms with E-state index in [-0.39, 0.29) is 6.42 Å². The van der Waals surface area contributed by atoms with Crippen molar-refractivity contribution >= 4 is 16.1 Å². The summed E-state index contributed by atoms with van der Waals surface area (Å²) in [6, 6.07) is 6.81. The van der Waals surface area contributed by atoms with E-state index in [1.54, 1.807) is 35.8 Å². The Morgan fingerprint density at radius 3 is 2.33 bits per heavy atom. The fourth-order valence-corrected chi connectivity index (χ4v) is 1.67. The summed E-state index contributed by atoms with van der Waals surface area (Å²) < 4.78 is 65.9. The molecule has 0 amide bonds. The number of hydroxylamine groups is 1. The Labute approximate surface area is 118 Å². The molecule has 0 saturated carbocycles. The Hall–Kier alpha value is -1.65. The molecule has 0 aliphatic carbocycles. The lowest BCUT2D eigenvalue weighted by Crippen LogP contribution is -2.43. The van der Waals surface area contributed by atoms with Crippen LogP contribution in [0.1, 0.15) is 5.56 Å². The van der Waals surface area contributed by atoms with Crippen molar-refractivity contribution in [2.75, 3.05) is 7.11 Å². The minimum atomic E-state index is -5.85. The summed E-state index contributed by atoms with van der Waals surface area (Å²) in [4.78, 5) is 11.4. The quantitative estimate of drug-likeness (QED) is 0.479. The van der Waals surface area contributed by atoms with Crippen molar-refractivity contribution < 1.29 is 35.4 Å². The maximum absolute atomic E-state index is 12.1. The second kappa shape index (κ2) is 6.87. The van der Waals surface area contributed by atoms with Gasteiger partial charge in [-0.3, -0.25) is 4.79 Å². The van der Waals surface area contributed by atoms with Gasteiger partial charge in [-0.15, -0.1) is 0 Å². The summed E-state index contributed by atoms with van der Waals surface area (Å²) in [6.07, 6.45) is -0.110. The highest BCUT2D eigenvalue weighted by molar-refractivity contribution is 7.87. The molecule has 118 valence electrons. The lowest BCUT2D eigenvalue weighted by atomic mass is 10.1. The highest BCUT2D eigenvalue weighted by atomic mass is 32.2. The first-order valence-corrected chi connectivity index (χ1v) is 6.95. The number of esters is 1. The van der Waals surface area contributed by atoms with Crippen LogP contribution in [0.25, 0.3) is 0 Å². The summed E-state index contributed by atoms with van der Waals surface area (Å²) >= 11 is 0. The number of nitrogens with one attached hydrogen (secondary N) is 1. The number of alkyl halides is 3. The highest BCUT2D eigenvalue weighted by Crippen LogP contribution is 2.23. The van der Waals surface area contributed by atoms with E-state index in [0.29, 0.717) is 5.56 Å². The molecule has 21 heavy (non-hydrogen) atoms. The summed E-state index contributed by atoms with van der Waals surface area (Å²) in [5.41, 5.74) is -3.43. The van der Waals surface area contributed by atoms with Crippen LogP contribution in [-0.4, -0.2) is 33.0 Å². The Morgan fingerprint density at radius 2 is 1.86 bits per heavy atom. The summed E-state index contributed by atoms with van der Waals surface area (Å²) in [6.45, 7) is 0. The lowest BCUT2D eigenvalue weighted by molar-refractivity contribution is -0.145. The molecule has 1 rings (SSSR count). The van der Waals surface area contributed by atoms with E-state index in [1.807, 2.05) is 0 Å². The van der Waals surface area contributed by atoms with Gasteiger partial charge in [0, 0.05) is 6.42 Å². The van der Waals surface area contributed by atoms with Crippen LogP contribution < -0.4 is 5.48 Å². The number of carbonyl (C=O) groups is 1. The first-order valence-electron chi connectivity index (χ1n) is 5.54. The number of hydrogen-bond donors (Lipinski definition) is 1. The summed E-state index contributed by atoms with van der Waals surface area (Å²) in [5, 5.41) is 0. The van der Waals surface area contributed by atoms with Gasteiger partial charge in [-0.2, -0.15) is 31.4 Å². The summed E-state index contributed by atoms with van der Waals surface area (Å²) in [7, 11) is -4.83. The molecule has 0 aliphatic heterocycles. The van der Waals surface area contributed by atoms with E-state index >= 15 is 0 Å². The van der Waals surface area contributed by atoms with Crippen molar-refractivity contribution in [3.05, 3.63) is 35.9 Å². The Kier molecular flexibility index (Phi) is 5.70. The lowest BCUT2D eigenvalue weighted by Gasteiger charge is -2.16. The first kappa shape index (κ1) is 17.4. The second-order valence-corrected chi connectivity index (χ2v) is 5.40. The zero-order valence-corrected chi connectivity index (χ0v) is 11.6. The van der Waals surface area contributed by atoms with Gasteiger partial charge in [-0.05, 0) is 5.56 Å². The number of benzene rings is 1. The fourth-order valence-electron chi connectivity index (χ4n) is 1.33.